The Morgan fingerprint density at radius 1 is 0.811 bits per heavy atom. The molecule has 5 aliphatic rings. The van der Waals surface area contributed by atoms with Crippen molar-refractivity contribution in [3.63, 3.8) is 0 Å². The lowest BCUT2D eigenvalue weighted by molar-refractivity contribution is -0.263. The monoisotopic (exact) mass is 516 g/mol. The Balaban J connectivity index is 1.11. The van der Waals surface area contributed by atoms with E-state index in [2.05, 4.69) is 19.1 Å². The van der Waals surface area contributed by atoms with Crippen LogP contribution in [0.15, 0.2) is 24.3 Å². The van der Waals surface area contributed by atoms with Crippen LogP contribution in [0.4, 0.5) is 0 Å². The predicted molar refractivity (Wildman–Crippen MR) is 137 cm³/mol. The molecule has 0 amide bonds. The average molecular weight is 517 g/mol. The smallest absolute Gasteiger partial charge is 0.190 e. The van der Waals surface area contributed by atoms with E-state index in [-0.39, 0.29) is 24.4 Å². The van der Waals surface area contributed by atoms with Gasteiger partial charge in [0.2, 0.25) is 0 Å². The van der Waals surface area contributed by atoms with Crippen LogP contribution in [0.5, 0.6) is 5.75 Å². The van der Waals surface area contributed by atoms with Crippen molar-refractivity contribution in [3.8, 4) is 5.75 Å². The van der Waals surface area contributed by atoms with Gasteiger partial charge in [0, 0.05) is 25.7 Å². The zero-order valence-electron chi connectivity index (χ0n) is 22.4. The normalized spacial score (nSPS) is 34.2. The largest absolute Gasteiger partial charge is 0.494 e. The van der Waals surface area contributed by atoms with Gasteiger partial charge in [-0.15, -0.1) is 0 Å². The summed E-state index contributed by atoms with van der Waals surface area (Å²) in [5.74, 6) is -0.0643. The van der Waals surface area contributed by atoms with Gasteiger partial charge in [0.15, 0.2) is 17.9 Å². The Hall–Kier alpha value is -1.22. The van der Waals surface area contributed by atoms with Crippen molar-refractivity contribution in [1.29, 1.82) is 0 Å². The molecule has 2 aliphatic carbocycles. The van der Waals surface area contributed by atoms with Crippen molar-refractivity contribution in [2.24, 2.45) is 0 Å². The molecular formula is C30H44O7. The summed E-state index contributed by atoms with van der Waals surface area (Å²) in [5.41, 5.74) is 1.10. The molecule has 2 saturated carbocycles. The maximum absolute atomic E-state index is 6.64. The highest BCUT2D eigenvalue weighted by Crippen LogP contribution is 2.48. The Labute approximate surface area is 221 Å². The number of ether oxygens (including phenoxy) is 7. The molecule has 37 heavy (non-hydrogen) atoms. The van der Waals surface area contributed by atoms with Crippen molar-refractivity contribution in [3.05, 3.63) is 29.8 Å². The Morgan fingerprint density at radius 3 is 2.27 bits per heavy atom. The minimum absolute atomic E-state index is 0.179. The number of hydrogen-bond acceptors (Lipinski definition) is 7. The van der Waals surface area contributed by atoms with Gasteiger partial charge in [-0.1, -0.05) is 44.7 Å². The molecule has 3 aliphatic heterocycles. The van der Waals surface area contributed by atoms with Crippen LogP contribution < -0.4 is 4.74 Å². The second-order valence-corrected chi connectivity index (χ2v) is 11.6. The zero-order chi connectivity index (χ0) is 25.1. The standard InChI is InChI=1S/C30H44O7/c1-2-3-10-19-31-23-13-11-22(12-14-23)20-32-26-25(24-21-33-29(35-24)15-6-4-7-16-29)34-28-27(26)36-30(37-28)17-8-5-9-18-30/h11-14,24-28H,2-10,15-21H2,1H3/t24-,25+,26+,27+,28-/m0/s1. The van der Waals surface area contributed by atoms with E-state index in [9.17, 15) is 0 Å². The first-order valence-corrected chi connectivity index (χ1v) is 14.8. The van der Waals surface area contributed by atoms with E-state index in [1.165, 1.54) is 25.7 Å². The molecule has 7 heteroatoms. The molecule has 1 aromatic carbocycles. The highest BCUT2D eigenvalue weighted by molar-refractivity contribution is 5.27. The van der Waals surface area contributed by atoms with E-state index in [4.69, 9.17) is 33.2 Å². The number of unbranched alkanes of at least 4 members (excludes halogenated alkanes) is 2. The fraction of sp³-hybridized carbons (Fsp3) is 0.800. The van der Waals surface area contributed by atoms with Crippen LogP contribution in [-0.4, -0.2) is 55.5 Å². The van der Waals surface area contributed by atoms with Crippen LogP contribution in [0.25, 0.3) is 0 Å². The minimum Gasteiger partial charge on any atom is -0.494 e. The van der Waals surface area contributed by atoms with Crippen LogP contribution in [0.3, 0.4) is 0 Å². The molecule has 2 spiro atoms. The molecule has 1 aromatic rings. The molecule has 3 heterocycles. The lowest BCUT2D eigenvalue weighted by Crippen LogP contribution is -2.45. The topological polar surface area (TPSA) is 64.6 Å². The third kappa shape index (κ3) is 5.73. The van der Waals surface area contributed by atoms with Crippen molar-refractivity contribution >= 4 is 0 Å². The van der Waals surface area contributed by atoms with Gasteiger partial charge in [0.25, 0.3) is 0 Å². The van der Waals surface area contributed by atoms with Gasteiger partial charge in [-0.2, -0.15) is 0 Å². The van der Waals surface area contributed by atoms with Crippen LogP contribution in [0, 0.1) is 0 Å². The summed E-state index contributed by atoms with van der Waals surface area (Å²) < 4.78 is 44.9. The van der Waals surface area contributed by atoms with Crippen LogP contribution in [-0.2, 0) is 35.0 Å². The first-order chi connectivity index (χ1) is 18.2. The lowest BCUT2D eigenvalue weighted by atomic mass is 9.94. The number of hydrogen-bond donors (Lipinski definition) is 0. The summed E-state index contributed by atoms with van der Waals surface area (Å²) in [6.07, 6.45) is 12.9. The van der Waals surface area contributed by atoms with E-state index in [1.54, 1.807) is 0 Å². The highest BCUT2D eigenvalue weighted by atomic mass is 16.9. The minimum atomic E-state index is -0.519. The molecule has 0 aromatic heterocycles. The molecule has 5 atom stereocenters. The van der Waals surface area contributed by atoms with Gasteiger partial charge in [-0.3, -0.25) is 0 Å². The Morgan fingerprint density at radius 2 is 1.54 bits per heavy atom. The molecule has 0 unspecified atom stereocenters. The van der Waals surface area contributed by atoms with Gasteiger partial charge < -0.3 is 33.2 Å². The fourth-order valence-electron chi connectivity index (χ4n) is 6.68. The summed E-state index contributed by atoms with van der Waals surface area (Å²) in [4.78, 5) is 0. The second-order valence-electron chi connectivity index (χ2n) is 11.6. The Bertz CT molecular complexity index is 861. The third-order valence-corrected chi connectivity index (χ3v) is 8.75. The van der Waals surface area contributed by atoms with E-state index in [1.807, 2.05) is 12.1 Å². The molecule has 0 radical (unpaired) electrons. The van der Waals surface area contributed by atoms with E-state index >= 15 is 0 Å². The summed E-state index contributed by atoms with van der Waals surface area (Å²) in [5, 5.41) is 0. The van der Waals surface area contributed by atoms with Crippen LogP contribution >= 0.6 is 0 Å². The molecule has 3 saturated heterocycles. The fourth-order valence-corrected chi connectivity index (χ4v) is 6.68. The van der Waals surface area contributed by atoms with Crippen LogP contribution in [0.2, 0.25) is 0 Å². The van der Waals surface area contributed by atoms with Gasteiger partial charge in [-0.05, 0) is 49.8 Å². The number of benzene rings is 1. The second kappa shape index (κ2) is 11.5. The molecule has 0 bridgehead atoms. The molecule has 6 rings (SSSR count). The molecule has 206 valence electrons. The van der Waals surface area contributed by atoms with Gasteiger partial charge in [0.1, 0.15) is 30.2 Å². The summed E-state index contributed by atoms with van der Waals surface area (Å²) in [7, 11) is 0. The maximum Gasteiger partial charge on any atom is 0.190 e. The average Bonchev–Trinajstić information content (AvgIpc) is 3.58. The van der Waals surface area contributed by atoms with Gasteiger partial charge >= 0.3 is 0 Å². The van der Waals surface area contributed by atoms with Gasteiger partial charge in [0.05, 0.1) is 19.8 Å². The van der Waals surface area contributed by atoms with Crippen molar-refractivity contribution in [1.82, 2.24) is 0 Å². The number of rotatable bonds is 9. The maximum atomic E-state index is 6.64. The molecule has 7 nitrogen and oxygen atoms in total. The zero-order valence-corrected chi connectivity index (χ0v) is 22.4. The predicted octanol–water partition coefficient (Wildman–Crippen LogP) is 6.02. The summed E-state index contributed by atoms with van der Waals surface area (Å²) in [6, 6.07) is 8.22. The summed E-state index contributed by atoms with van der Waals surface area (Å²) in [6.45, 7) is 3.96. The first kappa shape index (κ1) is 26.0. The van der Waals surface area contributed by atoms with Crippen molar-refractivity contribution < 1.29 is 33.2 Å². The van der Waals surface area contributed by atoms with Crippen molar-refractivity contribution in [2.45, 2.75) is 139 Å². The Kier molecular flexibility index (Phi) is 8.08. The first-order valence-electron chi connectivity index (χ1n) is 14.8. The highest BCUT2D eigenvalue weighted by Gasteiger charge is 2.61. The van der Waals surface area contributed by atoms with E-state index < -0.39 is 17.9 Å². The lowest BCUT2D eigenvalue weighted by Gasteiger charge is -2.35. The molecular weight excluding hydrogens is 472 g/mol. The van der Waals surface area contributed by atoms with Crippen LogP contribution in [0.1, 0.15) is 96.0 Å². The number of fused-ring (bicyclic) bond motifs is 1. The van der Waals surface area contributed by atoms with E-state index in [0.717, 1.165) is 75.7 Å². The summed E-state index contributed by atoms with van der Waals surface area (Å²) >= 11 is 0. The SMILES string of the molecule is CCCCCOc1ccc(CO[C@H]2[C@H]3OC4(CCCCC4)O[C@@H]3O[C@@H]2[C@@H]2COC3(CCCCC3)O2)cc1. The van der Waals surface area contributed by atoms with Gasteiger partial charge in [-0.25, -0.2) is 0 Å². The van der Waals surface area contributed by atoms with Crippen molar-refractivity contribution in [2.75, 3.05) is 13.2 Å². The van der Waals surface area contributed by atoms with E-state index in [0.29, 0.717) is 13.2 Å². The quantitative estimate of drug-likeness (QED) is 0.372. The molecule has 5 fully saturated rings. The third-order valence-electron chi connectivity index (χ3n) is 8.75. The molecule has 0 N–H and O–H groups in total.